The van der Waals surface area contributed by atoms with E-state index in [0.29, 0.717) is 0 Å². The minimum Gasteiger partial charge on any atom is -2.00 e. The van der Waals surface area contributed by atoms with E-state index in [-0.39, 0.29) is 49.9 Å². The molecule has 4 heteroatoms. The average Bonchev–Trinajstić information content (AvgIpc) is 0. The van der Waals surface area contributed by atoms with Crippen molar-refractivity contribution in [2.75, 3.05) is 0 Å². The van der Waals surface area contributed by atoms with Crippen molar-refractivity contribution in [3.05, 3.63) is 0 Å². The molecule has 0 rings (SSSR count). The molecule has 16 valence electrons. The summed E-state index contributed by atoms with van der Waals surface area (Å²) in [6.07, 6.45) is 0. The molecule has 0 saturated carbocycles. The van der Waals surface area contributed by atoms with Crippen LogP contribution >= 0.6 is 0 Å². The van der Waals surface area contributed by atoms with Gasteiger partial charge in [-0.1, -0.05) is 0 Å². The Bertz CT molecular complexity index is 4.00. The predicted octanol–water partition coefficient (Wildman–Crippen LogP) is -0.301. The Balaban J connectivity index is 0. The minimum atomic E-state index is 0. The first-order chi connectivity index (χ1) is 0. The molecular formula is HO2Zn2+. The van der Waals surface area contributed by atoms with E-state index >= 15 is 0 Å². The first-order valence-electron chi connectivity index (χ1n) is 0. The van der Waals surface area contributed by atoms with Gasteiger partial charge in [0, 0.05) is 0 Å². The van der Waals surface area contributed by atoms with Crippen LogP contribution in [0.2, 0.25) is 0 Å². The molecule has 1 N–H and O–H groups in total. The standard InChI is InChI=1S/H2O.O.2Zn/h1H2;;;/q;-2;2*+2/p-1. The monoisotopic (exact) mass is 161 g/mol. The van der Waals surface area contributed by atoms with E-state index in [9.17, 15) is 0 Å². The predicted molar refractivity (Wildman–Crippen MR) is 2.62 cm³/mol. The fraction of sp³-hybridized carbons (Fsp3) is 0. The van der Waals surface area contributed by atoms with E-state index in [4.69, 9.17) is 0 Å². The van der Waals surface area contributed by atoms with Gasteiger partial charge in [0.1, 0.15) is 0 Å². The van der Waals surface area contributed by atoms with Crippen LogP contribution in [-0.2, 0) is 44.4 Å². The second kappa shape index (κ2) is 30.7. The first kappa shape index (κ1) is 65.9. The molecule has 0 aliphatic carbocycles. The van der Waals surface area contributed by atoms with Crippen molar-refractivity contribution in [2.45, 2.75) is 0 Å². The molecule has 0 bridgehead atoms. The Morgan fingerprint density at radius 2 is 0.750 bits per heavy atom. The molecule has 0 aliphatic heterocycles. The van der Waals surface area contributed by atoms with Crippen LogP contribution in [0.15, 0.2) is 0 Å². The number of hydrogen-bond donors (Lipinski definition) is 0. The Hall–Kier alpha value is 1.17. The van der Waals surface area contributed by atoms with Crippen LogP contribution in [0, 0.1) is 0 Å². The van der Waals surface area contributed by atoms with Crippen molar-refractivity contribution in [1.82, 2.24) is 0 Å². The summed E-state index contributed by atoms with van der Waals surface area (Å²) in [6.45, 7) is 0. The SMILES string of the molecule is [O-2].[OH-].[Zn+2].[Zn+2]. The molecule has 0 spiro atoms. The zero-order valence-electron chi connectivity index (χ0n) is 2.27. The van der Waals surface area contributed by atoms with Crippen LogP contribution in [0.1, 0.15) is 0 Å². The summed E-state index contributed by atoms with van der Waals surface area (Å²) >= 11 is 0. The van der Waals surface area contributed by atoms with Gasteiger partial charge < -0.3 is 11.0 Å². The van der Waals surface area contributed by atoms with E-state index in [1.165, 1.54) is 0 Å². The molecule has 0 unspecified atom stereocenters. The third-order valence-electron chi connectivity index (χ3n) is 0. The quantitative estimate of drug-likeness (QED) is 0.453. The number of rotatable bonds is 0. The number of hydrogen-bond acceptors (Lipinski definition) is 1. The zero-order chi connectivity index (χ0) is 0. The topological polar surface area (TPSA) is 58.5 Å². The average molecular weight is 164 g/mol. The van der Waals surface area contributed by atoms with Gasteiger partial charge in [-0.25, -0.2) is 0 Å². The van der Waals surface area contributed by atoms with Crippen LogP contribution in [0.4, 0.5) is 0 Å². The van der Waals surface area contributed by atoms with Gasteiger partial charge in [0.15, 0.2) is 0 Å². The summed E-state index contributed by atoms with van der Waals surface area (Å²) < 4.78 is 0. The Morgan fingerprint density at radius 3 is 0.750 bits per heavy atom. The summed E-state index contributed by atoms with van der Waals surface area (Å²) in [5, 5.41) is 0. The second-order valence-electron chi connectivity index (χ2n) is 0. The van der Waals surface area contributed by atoms with Crippen molar-refractivity contribution in [2.24, 2.45) is 0 Å². The maximum Gasteiger partial charge on any atom is 2.00 e. The van der Waals surface area contributed by atoms with Crippen LogP contribution in [-0.4, -0.2) is 5.48 Å². The van der Waals surface area contributed by atoms with Crippen molar-refractivity contribution in [3.63, 3.8) is 0 Å². The van der Waals surface area contributed by atoms with Crippen LogP contribution in [0.5, 0.6) is 0 Å². The van der Waals surface area contributed by atoms with Gasteiger partial charge in [0.05, 0.1) is 0 Å². The van der Waals surface area contributed by atoms with E-state index in [1.807, 2.05) is 0 Å². The summed E-state index contributed by atoms with van der Waals surface area (Å²) in [5.74, 6) is 0. The molecule has 0 aromatic heterocycles. The smallest absolute Gasteiger partial charge is 2.00 e. The van der Waals surface area contributed by atoms with E-state index in [2.05, 4.69) is 0 Å². The van der Waals surface area contributed by atoms with Gasteiger partial charge in [-0.15, -0.1) is 0 Å². The molecule has 4 heavy (non-hydrogen) atoms. The fourth-order valence-corrected chi connectivity index (χ4v) is 0. The van der Waals surface area contributed by atoms with Crippen LogP contribution in [0.25, 0.3) is 0 Å². The Morgan fingerprint density at radius 1 is 0.750 bits per heavy atom. The third kappa shape index (κ3) is 10.9. The van der Waals surface area contributed by atoms with Crippen molar-refractivity contribution in [1.29, 1.82) is 0 Å². The van der Waals surface area contributed by atoms with Crippen LogP contribution < -0.4 is 0 Å². The molecule has 0 fully saturated rings. The first-order valence-corrected chi connectivity index (χ1v) is 0. The molecule has 2 nitrogen and oxygen atoms in total. The molecule has 0 aliphatic rings. The molecule has 0 saturated heterocycles. The van der Waals surface area contributed by atoms with E-state index < -0.39 is 0 Å². The molecule has 0 radical (unpaired) electrons. The molecule has 0 aromatic rings. The van der Waals surface area contributed by atoms with Crippen molar-refractivity contribution >= 4 is 0 Å². The fourth-order valence-electron chi connectivity index (χ4n) is 0. The largest absolute Gasteiger partial charge is 2.00 e. The molecule has 0 aromatic carbocycles. The normalized spacial score (nSPS) is 0. The maximum absolute atomic E-state index is 0. The minimum absolute atomic E-state index is 0. The molecule has 0 amide bonds. The van der Waals surface area contributed by atoms with Gasteiger partial charge in [-0.2, -0.15) is 0 Å². The maximum atomic E-state index is 0. The summed E-state index contributed by atoms with van der Waals surface area (Å²) in [6, 6.07) is 0. The summed E-state index contributed by atoms with van der Waals surface area (Å²) in [4.78, 5) is 0. The van der Waals surface area contributed by atoms with Gasteiger partial charge in [-0.05, 0) is 0 Å². The van der Waals surface area contributed by atoms with Gasteiger partial charge in [0.2, 0.25) is 0 Å². The molecule has 0 heterocycles. The summed E-state index contributed by atoms with van der Waals surface area (Å²) in [5.41, 5.74) is 0. The van der Waals surface area contributed by atoms with Crippen molar-refractivity contribution < 1.29 is 49.9 Å². The third-order valence-corrected chi connectivity index (χ3v) is 0. The van der Waals surface area contributed by atoms with E-state index in [1.54, 1.807) is 0 Å². The molecular weight excluding hydrogens is 163 g/mol. The summed E-state index contributed by atoms with van der Waals surface area (Å²) in [7, 11) is 0. The molecule has 0 atom stereocenters. The van der Waals surface area contributed by atoms with Gasteiger partial charge in [0.25, 0.3) is 0 Å². The van der Waals surface area contributed by atoms with E-state index in [0.717, 1.165) is 0 Å². The van der Waals surface area contributed by atoms with Gasteiger partial charge >= 0.3 is 39.0 Å². The van der Waals surface area contributed by atoms with Crippen molar-refractivity contribution in [3.8, 4) is 0 Å². The zero-order valence-corrected chi connectivity index (χ0v) is 8.20. The Labute approximate surface area is 50.1 Å². The Kier molecular flexibility index (Phi) is 506. The van der Waals surface area contributed by atoms with Gasteiger partial charge in [-0.3, -0.25) is 0 Å². The van der Waals surface area contributed by atoms with Crippen LogP contribution in [0.3, 0.4) is 0 Å². The second-order valence-corrected chi connectivity index (χ2v) is 0.